The van der Waals surface area contributed by atoms with Crippen molar-refractivity contribution < 1.29 is 0 Å². The molecule has 1 aromatic heterocycles. The highest BCUT2D eigenvalue weighted by molar-refractivity contribution is 7.00. The van der Waals surface area contributed by atoms with Gasteiger partial charge in [-0.1, -0.05) is 334 Å². The molecule has 0 atom stereocenters. The molecule has 13 aromatic carbocycles. The van der Waals surface area contributed by atoms with Crippen LogP contribution in [-0.4, -0.2) is 11.3 Å². The fraction of sp³-hybridized carbons (Fsp3) is 0.204. The van der Waals surface area contributed by atoms with Crippen molar-refractivity contribution in [2.45, 2.75) is 131 Å². The molecule has 2 N–H and O–H groups in total. The van der Waals surface area contributed by atoms with E-state index in [1.54, 1.807) is 0 Å². The highest BCUT2D eigenvalue weighted by Crippen LogP contribution is 2.51. The van der Waals surface area contributed by atoms with E-state index in [2.05, 4.69) is 392 Å². The van der Waals surface area contributed by atoms with Gasteiger partial charge in [0.1, 0.15) is 0 Å². The SMILES string of the molecule is CC(C)(C)c1cc(-c2cc3c(c(-c4c(-c5ccccc5)cccc4-c4ccccc4)c2)Nc2cc(-n4c5ccccc5c5cc(C(C)(C)C)ccc54)cc4c2B3c2cc(-c3cc(C(C)(C)C)cc(C(C)(C)C)c3)cc(-c3c(-c5ccccc5)cccc3-c3ccccc3)c2N4)cc(C(C)(C)C)c1. The second-order valence-corrected chi connectivity index (χ2v) is 34.0. The monoisotopic (exact) mass is 1320 g/mol. The fourth-order valence-electron chi connectivity index (χ4n) is 16.0. The summed E-state index contributed by atoms with van der Waals surface area (Å²) in [6, 6.07) is 104. The first kappa shape index (κ1) is 65.9. The van der Waals surface area contributed by atoms with Crippen LogP contribution >= 0.6 is 0 Å². The van der Waals surface area contributed by atoms with Crippen LogP contribution in [0.15, 0.2) is 273 Å². The minimum absolute atomic E-state index is 0.0419. The third-order valence-electron chi connectivity index (χ3n) is 21.7. The van der Waals surface area contributed by atoms with Gasteiger partial charge in [-0.2, -0.15) is 0 Å². The van der Waals surface area contributed by atoms with Crippen molar-refractivity contribution in [3.8, 4) is 94.7 Å². The van der Waals surface area contributed by atoms with Crippen molar-refractivity contribution in [1.82, 2.24) is 4.57 Å². The number of anilines is 4. The summed E-state index contributed by atoms with van der Waals surface area (Å²) >= 11 is 0. The zero-order valence-electron chi connectivity index (χ0n) is 62.0. The summed E-state index contributed by atoms with van der Waals surface area (Å²) in [6.07, 6.45) is 0. The zero-order valence-corrected chi connectivity index (χ0v) is 62.0. The van der Waals surface area contributed by atoms with Gasteiger partial charge < -0.3 is 15.2 Å². The van der Waals surface area contributed by atoms with Crippen LogP contribution in [0.1, 0.15) is 132 Å². The molecule has 2 aliphatic rings. The molecule has 0 aliphatic carbocycles. The normalized spacial score (nSPS) is 13.0. The molecule has 0 saturated heterocycles. The second-order valence-electron chi connectivity index (χ2n) is 34.0. The van der Waals surface area contributed by atoms with Crippen LogP contribution in [0.5, 0.6) is 0 Å². The van der Waals surface area contributed by atoms with Crippen LogP contribution < -0.4 is 27.0 Å². The fourth-order valence-corrected chi connectivity index (χ4v) is 16.0. The van der Waals surface area contributed by atoms with E-state index >= 15 is 0 Å². The molecular weight excluding hydrogens is 1230 g/mol. The van der Waals surface area contributed by atoms with Crippen molar-refractivity contribution in [2.75, 3.05) is 10.6 Å². The first-order valence-electron chi connectivity index (χ1n) is 36.7. The molecule has 0 bridgehead atoms. The van der Waals surface area contributed by atoms with Gasteiger partial charge in [0.2, 0.25) is 0 Å². The van der Waals surface area contributed by atoms with E-state index in [0.29, 0.717) is 0 Å². The number of rotatable bonds is 9. The molecule has 2 aliphatic heterocycles. The molecule has 0 saturated carbocycles. The van der Waals surface area contributed by atoms with E-state index in [-0.39, 0.29) is 33.8 Å². The predicted octanol–water partition coefficient (Wildman–Crippen LogP) is 25.2. The molecule has 502 valence electrons. The summed E-state index contributed by atoms with van der Waals surface area (Å²) in [5.74, 6) is 0. The lowest BCUT2D eigenvalue weighted by molar-refractivity contribution is 0.568. The van der Waals surface area contributed by atoms with Gasteiger partial charge in [0, 0.05) is 44.6 Å². The lowest BCUT2D eigenvalue weighted by Crippen LogP contribution is -2.59. The highest BCUT2D eigenvalue weighted by Gasteiger charge is 2.42. The lowest BCUT2D eigenvalue weighted by atomic mass is 9.33. The van der Waals surface area contributed by atoms with Gasteiger partial charge in [0.25, 0.3) is 6.71 Å². The van der Waals surface area contributed by atoms with Gasteiger partial charge >= 0.3 is 0 Å². The van der Waals surface area contributed by atoms with Gasteiger partial charge in [-0.3, -0.25) is 0 Å². The Bertz CT molecular complexity index is 5160. The van der Waals surface area contributed by atoms with E-state index in [0.717, 1.165) is 67.3 Å². The first-order chi connectivity index (χ1) is 48.7. The topological polar surface area (TPSA) is 29.0 Å². The minimum Gasteiger partial charge on any atom is -0.356 e. The molecule has 0 spiro atoms. The highest BCUT2D eigenvalue weighted by atomic mass is 15.0. The Hall–Kier alpha value is -10.7. The minimum atomic E-state index is -0.296. The molecule has 14 aromatic rings. The molecule has 0 radical (unpaired) electrons. The third kappa shape index (κ3) is 11.8. The number of nitrogens with zero attached hydrogens (tertiary/aromatic N) is 1. The number of hydrogen-bond acceptors (Lipinski definition) is 2. The van der Waals surface area contributed by atoms with Crippen LogP contribution in [0.4, 0.5) is 22.7 Å². The van der Waals surface area contributed by atoms with E-state index in [4.69, 9.17) is 0 Å². The maximum absolute atomic E-state index is 4.46. The van der Waals surface area contributed by atoms with Gasteiger partial charge in [0.15, 0.2) is 0 Å². The van der Waals surface area contributed by atoms with E-state index in [1.165, 1.54) is 116 Å². The standard InChI is InChI=1S/C98H92BN3/c1-94(2,3)69-46-47-88-80(58-69)79-40-28-29-45-87(79)102(88)74-59-85-91-86(60-74)101-93-82(90-77(63-36-24-18-25-37-63)43-31-44-78(90)64-38-26-19-27-39-64)53-68(66-50-72(97(10,11)12)57-73(51-66)98(13,14)15)55-84(93)99(91)83-54-67(65-48-70(95(4,5)6)56-71(49-65)96(7,8)9)52-81(92(83)100-85)89-75(61-32-20-16-21-33-61)41-30-42-76(89)62-34-22-17-23-35-62/h16-60,100-101H,1-15H3. The molecule has 0 unspecified atom stereocenters. The second kappa shape index (κ2) is 24.6. The number of fused-ring (bicyclic) bond motifs is 7. The predicted molar refractivity (Wildman–Crippen MR) is 442 cm³/mol. The summed E-state index contributed by atoms with van der Waals surface area (Å²) < 4.78 is 2.52. The molecule has 3 heterocycles. The van der Waals surface area contributed by atoms with Gasteiger partial charge in [-0.05, 0) is 192 Å². The number of nitrogens with one attached hydrogen (secondary N) is 2. The molecular formula is C98H92BN3. The van der Waals surface area contributed by atoms with Gasteiger partial charge in [-0.25, -0.2) is 0 Å². The van der Waals surface area contributed by atoms with E-state index in [1.807, 2.05) is 0 Å². The van der Waals surface area contributed by atoms with Crippen molar-refractivity contribution in [3.05, 3.63) is 301 Å². The Kier molecular flexibility index (Phi) is 15.9. The Morgan fingerprint density at radius 2 is 0.588 bits per heavy atom. The summed E-state index contributed by atoms with van der Waals surface area (Å²) in [6.45, 7) is 35.0. The van der Waals surface area contributed by atoms with Crippen LogP contribution in [0, 0.1) is 0 Å². The van der Waals surface area contributed by atoms with Gasteiger partial charge in [-0.15, -0.1) is 0 Å². The van der Waals surface area contributed by atoms with Crippen molar-refractivity contribution >= 4 is 67.7 Å². The Labute approximate surface area is 605 Å². The van der Waals surface area contributed by atoms with Gasteiger partial charge in [0.05, 0.1) is 16.7 Å². The molecule has 102 heavy (non-hydrogen) atoms. The van der Waals surface area contributed by atoms with Crippen LogP contribution in [-0.2, 0) is 27.1 Å². The maximum atomic E-state index is 4.46. The molecule has 16 rings (SSSR count). The largest absolute Gasteiger partial charge is 0.356 e. The molecule has 3 nitrogen and oxygen atoms in total. The Balaban J connectivity index is 1.10. The quantitative estimate of drug-likeness (QED) is 0.141. The maximum Gasteiger partial charge on any atom is 0.252 e. The average Bonchev–Trinajstić information content (AvgIpc) is 1.11. The van der Waals surface area contributed by atoms with Crippen molar-refractivity contribution in [3.63, 3.8) is 0 Å². The Morgan fingerprint density at radius 1 is 0.255 bits per heavy atom. The van der Waals surface area contributed by atoms with E-state index < -0.39 is 0 Å². The number of hydrogen-bond donors (Lipinski definition) is 2. The molecule has 4 heteroatoms. The Morgan fingerprint density at radius 3 is 0.951 bits per heavy atom. The molecule has 0 fully saturated rings. The number of benzene rings is 13. The summed E-state index contributed by atoms with van der Waals surface area (Å²) in [5.41, 5.74) is 36.2. The number of para-hydroxylation sites is 1. The lowest BCUT2D eigenvalue weighted by Gasteiger charge is -2.38. The smallest absolute Gasteiger partial charge is 0.252 e. The average molecular weight is 1320 g/mol. The zero-order chi connectivity index (χ0) is 70.9. The summed E-state index contributed by atoms with van der Waals surface area (Å²) in [4.78, 5) is 0. The van der Waals surface area contributed by atoms with E-state index in [9.17, 15) is 0 Å². The summed E-state index contributed by atoms with van der Waals surface area (Å²) in [5, 5.41) is 11.4. The van der Waals surface area contributed by atoms with Crippen LogP contribution in [0.2, 0.25) is 0 Å². The first-order valence-corrected chi connectivity index (χ1v) is 36.7. The molecule has 0 amide bonds. The van der Waals surface area contributed by atoms with Crippen molar-refractivity contribution in [2.24, 2.45) is 0 Å². The number of aromatic nitrogens is 1. The van der Waals surface area contributed by atoms with Crippen molar-refractivity contribution in [1.29, 1.82) is 0 Å². The third-order valence-corrected chi connectivity index (χ3v) is 21.7. The van der Waals surface area contributed by atoms with Crippen LogP contribution in [0.25, 0.3) is 117 Å². The van der Waals surface area contributed by atoms with Crippen LogP contribution in [0.3, 0.4) is 0 Å². The summed E-state index contributed by atoms with van der Waals surface area (Å²) in [7, 11) is 0.